The Morgan fingerprint density at radius 1 is 1.33 bits per heavy atom. The zero-order chi connectivity index (χ0) is 14.7. The van der Waals surface area contributed by atoms with E-state index in [9.17, 15) is 4.79 Å². The van der Waals surface area contributed by atoms with Crippen LogP contribution in [0.3, 0.4) is 0 Å². The van der Waals surface area contributed by atoms with E-state index in [4.69, 9.17) is 5.11 Å². The number of piperidine rings is 1. The summed E-state index contributed by atoms with van der Waals surface area (Å²) in [6, 6.07) is 2.19. The van der Waals surface area contributed by atoms with E-state index < -0.39 is 0 Å². The number of pyridine rings is 1. The van der Waals surface area contributed by atoms with Gasteiger partial charge in [0, 0.05) is 30.5 Å². The van der Waals surface area contributed by atoms with Gasteiger partial charge in [-0.05, 0) is 37.7 Å². The van der Waals surface area contributed by atoms with Crippen molar-refractivity contribution in [3.63, 3.8) is 0 Å². The van der Waals surface area contributed by atoms with E-state index in [1.165, 1.54) is 19.3 Å². The van der Waals surface area contributed by atoms with Crippen LogP contribution in [0.15, 0.2) is 18.5 Å². The second-order valence-electron chi connectivity index (χ2n) is 5.82. The Morgan fingerprint density at radius 2 is 2.19 bits per heavy atom. The third kappa shape index (κ3) is 2.93. The van der Waals surface area contributed by atoms with Crippen molar-refractivity contribution in [2.45, 2.75) is 38.1 Å². The lowest BCUT2D eigenvalue weighted by Crippen LogP contribution is -2.46. The van der Waals surface area contributed by atoms with Gasteiger partial charge in [0.2, 0.25) is 0 Å². The van der Waals surface area contributed by atoms with Crippen molar-refractivity contribution in [2.75, 3.05) is 13.2 Å². The lowest BCUT2D eigenvalue weighted by molar-refractivity contribution is 0.0548. The van der Waals surface area contributed by atoms with E-state index in [-0.39, 0.29) is 12.5 Å². The van der Waals surface area contributed by atoms with Crippen molar-refractivity contribution in [3.05, 3.63) is 29.6 Å². The van der Waals surface area contributed by atoms with Gasteiger partial charge in [-0.25, -0.2) is 0 Å². The van der Waals surface area contributed by atoms with Gasteiger partial charge in [-0.2, -0.15) is 0 Å². The van der Waals surface area contributed by atoms with Crippen LogP contribution >= 0.6 is 0 Å². The molecule has 1 amide bonds. The first kappa shape index (κ1) is 14.1. The van der Waals surface area contributed by atoms with E-state index >= 15 is 0 Å². The van der Waals surface area contributed by atoms with Crippen LogP contribution in [0.25, 0.3) is 0 Å². The molecule has 2 atom stereocenters. The summed E-state index contributed by atoms with van der Waals surface area (Å²) in [5, 5.41) is 8.74. The molecule has 0 bridgehead atoms. The monoisotopic (exact) mass is 284 g/mol. The minimum Gasteiger partial charge on any atom is -0.384 e. The van der Waals surface area contributed by atoms with Crippen molar-refractivity contribution in [2.24, 2.45) is 5.92 Å². The Bertz CT molecular complexity index is 588. The number of hydrogen-bond donors (Lipinski definition) is 1. The fourth-order valence-electron chi connectivity index (χ4n) is 3.64. The summed E-state index contributed by atoms with van der Waals surface area (Å²) in [6.07, 6.45) is 9.22. The average Bonchev–Trinajstić information content (AvgIpc) is 3.01. The van der Waals surface area contributed by atoms with E-state index in [2.05, 4.69) is 16.8 Å². The largest absolute Gasteiger partial charge is 0.384 e. The Labute approximate surface area is 125 Å². The molecule has 1 aromatic heterocycles. The molecule has 1 saturated carbocycles. The molecular formula is C17H20N2O2. The van der Waals surface area contributed by atoms with Crippen LogP contribution < -0.4 is 0 Å². The lowest BCUT2D eigenvalue weighted by atomic mass is 9.91. The van der Waals surface area contributed by atoms with E-state index in [0.717, 1.165) is 19.4 Å². The van der Waals surface area contributed by atoms with Crippen LogP contribution in [-0.2, 0) is 0 Å². The maximum atomic E-state index is 12.8. The molecule has 3 rings (SSSR count). The molecule has 1 N–H and O–H groups in total. The van der Waals surface area contributed by atoms with Gasteiger partial charge in [0.25, 0.3) is 5.91 Å². The molecule has 4 nitrogen and oxygen atoms in total. The molecule has 0 aromatic carbocycles. The first-order valence-corrected chi connectivity index (χ1v) is 7.65. The highest BCUT2D eigenvalue weighted by molar-refractivity contribution is 5.94. The summed E-state index contributed by atoms with van der Waals surface area (Å²) in [6.45, 7) is 0.667. The van der Waals surface area contributed by atoms with E-state index in [1.54, 1.807) is 18.5 Å². The van der Waals surface area contributed by atoms with E-state index in [1.807, 2.05) is 4.90 Å². The van der Waals surface area contributed by atoms with Crippen molar-refractivity contribution in [1.82, 2.24) is 9.88 Å². The molecule has 1 aliphatic carbocycles. The highest BCUT2D eigenvalue weighted by Gasteiger charge is 2.37. The number of carbonyl (C=O) groups is 1. The van der Waals surface area contributed by atoms with Gasteiger partial charge >= 0.3 is 0 Å². The highest BCUT2D eigenvalue weighted by Crippen LogP contribution is 2.37. The van der Waals surface area contributed by atoms with Crippen molar-refractivity contribution < 1.29 is 9.90 Å². The number of aliphatic hydroxyl groups is 1. The summed E-state index contributed by atoms with van der Waals surface area (Å²) < 4.78 is 0. The molecule has 0 spiro atoms. The van der Waals surface area contributed by atoms with Crippen LogP contribution in [0.5, 0.6) is 0 Å². The standard InChI is InChI=1S/C17H20N2O2/c20-9-3-4-13-10-15(12-18-11-13)17(21)19-8-2-6-14-5-1-7-16(14)19/h10-12,14,16,20H,1-2,5-9H2. The predicted octanol–water partition coefficient (Wildman–Crippen LogP) is 1.83. The van der Waals surface area contributed by atoms with Crippen molar-refractivity contribution >= 4 is 5.91 Å². The number of likely N-dealkylation sites (tertiary alicyclic amines) is 1. The quantitative estimate of drug-likeness (QED) is 0.801. The number of rotatable bonds is 1. The number of fused-ring (bicyclic) bond motifs is 1. The van der Waals surface area contributed by atoms with Crippen LogP contribution in [-0.4, -0.2) is 40.1 Å². The molecule has 21 heavy (non-hydrogen) atoms. The minimum atomic E-state index is -0.186. The molecule has 4 heteroatoms. The maximum absolute atomic E-state index is 12.8. The predicted molar refractivity (Wildman–Crippen MR) is 79.6 cm³/mol. The van der Waals surface area contributed by atoms with Crippen LogP contribution in [0.1, 0.15) is 48.0 Å². The van der Waals surface area contributed by atoms with Crippen molar-refractivity contribution in [1.29, 1.82) is 0 Å². The highest BCUT2D eigenvalue weighted by atomic mass is 16.2. The van der Waals surface area contributed by atoms with Crippen LogP contribution in [0, 0.1) is 17.8 Å². The van der Waals surface area contributed by atoms with E-state index in [0.29, 0.717) is 23.1 Å². The number of hydrogen-bond acceptors (Lipinski definition) is 3. The number of aliphatic hydroxyl groups excluding tert-OH is 1. The Hall–Kier alpha value is -1.86. The smallest absolute Gasteiger partial charge is 0.255 e. The third-order valence-electron chi connectivity index (χ3n) is 4.55. The maximum Gasteiger partial charge on any atom is 0.255 e. The first-order valence-electron chi connectivity index (χ1n) is 7.65. The Balaban J connectivity index is 1.81. The molecule has 2 fully saturated rings. The fraction of sp³-hybridized carbons (Fsp3) is 0.529. The number of carbonyl (C=O) groups excluding carboxylic acids is 1. The Morgan fingerprint density at radius 3 is 3.05 bits per heavy atom. The van der Waals surface area contributed by atoms with Gasteiger partial charge in [0.1, 0.15) is 6.61 Å². The lowest BCUT2D eigenvalue weighted by Gasteiger charge is -2.37. The second kappa shape index (κ2) is 6.28. The number of aromatic nitrogens is 1. The van der Waals surface area contributed by atoms with Gasteiger partial charge in [0.15, 0.2) is 0 Å². The molecule has 2 aliphatic rings. The molecule has 2 heterocycles. The average molecular weight is 284 g/mol. The molecule has 1 aliphatic heterocycles. The summed E-state index contributed by atoms with van der Waals surface area (Å²) >= 11 is 0. The third-order valence-corrected chi connectivity index (χ3v) is 4.55. The second-order valence-corrected chi connectivity index (χ2v) is 5.82. The zero-order valence-electron chi connectivity index (χ0n) is 12.1. The summed E-state index contributed by atoms with van der Waals surface area (Å²) in [4.78, 5) is 18.9. The topological polar surface area (TPSA) is 53.4 Å². The summed E-state index contributed by atoms with van der Waals surface area (Å²) in [5.74, 6) is 6.16. The molecule has 0 radical (unpaired) electrons. The summed E-state index contributed by atoms with van der Waals surface area (Å²) in [5.41, 5.74) is 1.28. The number of amides is 1. The molecular weight excluding hydrogens is 264 g/mol. The van der Waals surface area contributed by atoms with Gasteiger partial charge in [-0.3, -0.25) is 9.78 Å². The fourth-order valence-corrected chi connectivity index (χ4v) is 3.64. The molecule has 2 unspecified atom stereocenters. The van der Waals surface area contributed by atoms with Gasteiger partial charge < -0.3 is 10.0 Å². The first-order chi connectivity index (χ1) is 10.3. The molecule has 1 aromatic rings. The number of nitrogens with zero attached hydrogens (tertiary/aromatic N) is 2. The van der Waals surface area contributed by atoms with Gasteiger partial charge in [0.05, 0.1) is 5.56 Å². The van der Waals surface area contributed by atoms with Gasteiger partial charge in [-0.1, -0.05) is 18.3 Å². The SMILES string of the molecule is O=C(c1cncc(C#CCO)c1)N1CCCC2CCCC21. The molecule has 110 valence electrons. The van der Waals surface area contributed by atoms with Crippen molar-refractivity contribution in [3.8, 4) is 11.8 Å². The summed E-state index contributed by atoms with van der Waals surface area (Å²) in [7, 11) is 0. The normalized spacial score (nSPS) is 24.1. The zero-order valence-corrected chi connectivity index (χ0v) is 12.1. The van der Waals surface area contributed by atoms with Crippen LogP contribution in [0.2, 0.25) is 0 Å². The minimum absolute atomic E-state index is 0.0757. The Kier molecular flexibility index (Phi) is 4.21. The van der Waals surface area contributed by atoms with Crippen LogP contribution in [0.4, 0.5) is 0 Å². The molecule has 1 saturated heterocycles. The van der Waals surface area contributed by atoms with Gasteiger partial charge in [-0.15, -0.1) is 0 Å².